The Bertz CT molecular complexity index is 225. The van der Waals surface area contributed by atoms with Crippen LogP contribution in [0.1, 0.15) is 47.0 Å². The van der Waals surface area contributed by atoms with Crippen molar-refractivity contribution < 1.29 is 14.6 Å². The fraction of sp³-hybridized carbons (Fsp3) is 0.923. The monoisotopic (exact) mass is 245 g/mol. The summed E-state index contributed by atoms with van der Waals surface area (Å²) >= 11 is 0. The first-order valence-electron chi connectivity index (χ1n) is 6.36. The summed E-state index contributed by atoms with van der Waals surface area (Å²) in [4.78, 5) is 11.6. The van der Waals surface area contributed by atoms with Crippen molar-refractivity contribution in [2.24, 2.45) is 5.92 Å². The minimum Gasteiger partial charge on any atom is -0.391 e. The van der Waals surface area contributed by atoms with E-state index in [4.69, 9.17) is 4.74 Å². The molecule has 17 heavy (non-hydrogen) atoms. The van der Waals surface area contributed by atoms with E-state index in [0.717, 1.165) is 12.8 Å². The van der Waals surface area contributed by atoms with Crippen molar-refractivity contribution >= 4 is 5.91 Å². The molecule has 4 heteroatoms. The number of aliphatic hydroxyl groups is 1. The first-order valence-corrected chi connectivity index (χ1v) is 6.36. The first-order chi connectivity index (χ1) is 7.86. The van der Waals surface area contributed by atoms with Gasteiger partial charge in [-0.2, -0.15) is 0 Å². The van der Waals surface area contributed by atoms with Gasteiger partial charge in [0, 0.05) is 13.7 Å². The maximum absolute atomic E-state index is 11.6. The molecule has 2 N–H and O–H groups in total. The van der Waals surface area contributed by atoms with Gasteiger partial charge >= 0.3 is 0 Å². The topological polar surface area (TPSA) is 58.6 Å². The maximum atomic E-state index is 11.6. The van der Waals surface area contributed by atoms with E-state index in [1.54, 1.807) is 7.11 Å². The molecule has 0 aromatic carbocycles. The van der Waals surface area contributed by atoms with Crippen LogP contribution in [0.5, 0.6) is 0 Å². The zero-order valence-electron chi connectivity index (χ0n) is 11.7. The Morgan fingerprint density at radius 3 is 2.29 bits per heavy atom. The summed E-state index contributed by atoms with van der Waals surface area (Å²) in [6, 6.07) is 0. The van der Waals surface area contributed by atoms with Gasteiger partial charge in [-0.05, 0) is 19.8 Å². The standard InChI is InChI=1S/C13H27NO3/c1-6-10(7-2)11(15)9-14-12(16)8-13(3,4)17-5/h10-11,15H,6-9H2,1-5H3,(H,14,16). The molecule has 0 aliphatic rings. The summed E-state index contributed by atoms with van der Waals surface area (Å²) in [6.45, 7) is 8.15. The van der Waals surface area contributed by atoms with Crippen molar-refractivity contribution in [2.75, 3.05) is 13.7 Å². The lowest BCUT2D eigenvalue weighted by atomic mass is 9.96. The van der Waals surface area contributed by atoms with Crippen LogP contribution in [0.25, 0.3) is 0 Å². The van der Waals surface area contributed by atoms with Crippen LogP contribution in [-0.2, 0) is 9.53 Å². The lowest BCUT2D eigenvalue weighted by Gasteiger charge is -2.24. The second kappa shape index (κ2) is 7.67. The number of methoxy groups -OCH3 is 1. The number of hydrogen-bond acceptors (Lipinski definition) is 3. The number of ether oxygens (including phenoxy) is 1. The molecule has 102 valence electrons. The minimum atomic E-state index is -0.459. The smallest absolute Gasteiger partial charge is 0.222 e. The highest BCUT2D eigenvalue weighted by molar-refractivity contribution is 5.76. The van der Waals surface area contributed by atoms with Gasteiger partial charge in [-0.25, -0.2) is 0 Å². The van der Waals surface area contributed by atoms with Crippen molar-refractivity contribution in [1.29, 1.82) is 0 Å². The molecule has 0 aliphatic carbocycles. The van der Waals surface area contributed by atoms with E-state index in [2.05, 4.69) is 5.32 Å². The van der Waals surface area contributed by atoms with Crippen LogP contribution in [-0.4, -0.2) is 36.4 Å². The lowest BCUT2D eigenvalue weighted by Crippen LogP contribution is -2.39. The molecule has 0 bridgehead atoms. The summed E-state index contributed by atoms with van der Waals surface area (Å²) in [5.41, 5.74) is -0.454. The van der Waals surface area contributed by atoms with Crippen molar-refractivity contribution in [1.82, 2.24) is 5.32 Å². The van der Waals surface area contributed by atoms with Crippen LogP contribution in [0.2, 0.25) is 0 Å². The van der Waals surface area contributed by atoms with Crippen molar-refractivity contribution in [3.05, 3.63) is 0 Å². The highest BCUT2D eigenvalue weighted by Crippen LogP contribution is 2.14. The van der Waals surface area contributed by atoms with Gasteiger partial charge in [-0.3, -0.25) is 4.79 Å². The van der Waals surface area contributed by atoms with Crippen molar-refractivity contribution in [3.63, 3.8) is 0 Å². The Labute approximate surface area is 105 Å². The molecule has 0 aromatic heterocycles. The van der Waals surface area contributed by atoms with Gasteiger partial charge in [0.25, 0.3) is 0 Å². The third kappa shape index (κ3) is 6.64. The van der Waals surface area contributed by atoms with Gasteiger partial charge in [0.2, 0.25) is 5.91 Å². The predicted octanol–water partition coefficient (Wildman–Crippen LogP) is 1.71. The van der Waals surface area contributed by atoms with Gasteiger partial charge in [-0.15, -0.1) is 0 Å². The summed E-state index contributed by atoms with van der Waals surface area (Å²) < 4.78 is 5.18. The fourth-order valence-corrected chi connectivity index (χ4v) is 1.74. The number of amides is 1. The fourth-order valence-electron chi connectivity index (χ4n) is 1.74. The van der Waals surface area contributed by atoms with Gasteiger partial charge in [0.1, 0.15) is 0 Å². The number of carbonyl (C=O) groups is 1. The average molecular weight is 245 g/mol. The highest BCUT2D eigenvalue weighted by atomic mass is 16.5. The zero-order valence-corrected chi connectivity index (χ0v) is 11.7. The molecule has 0 radical (unpaired) electrons. The zero-order chi connectivity index (χ0) is 13.5. The van der Waals surface area contributed by atoms with Crippen molar-refractivity contribution in [2.45, 2.75) is 58.7 Å². The van der Waals surface area contributed by atoms with E-state index in [-0.39, 0.29) is 11.8 Å². The normalized spacial score (nSPS) is 13.8. The summed E-state index contributed by atoms with van der Waals surface area (Å²) in [5.74, 6) is 0.174. The molecule has 1 atom stereocenters. The van der Waals surface area contributed by atoms with E-state index < -0.39 is 11.7 Å². The minimum absolute atomic E-state index is 0.0816. The third-order valence-electron chi connectivity index (χ3n) is 3.24. The molecule has 0 fully saturated rings. The second-order valence-electron chi connectivity index (χ2n) is 5.09. The molecule has 0 heterocycles. The van der Waals surface area contributed by atoms with Crippen LogP contribution in [0, 0.1) is 5.92 Å². The largest absolute Gasteiger partial charge is 0.391 e. The molecule has 0 saturated carbocycles. The van der Waals surface area contributed by atoms with Gasteiger partial charge in [-0.1, -0.05) is 26.7 Å². The van der Waals surface area contributed by atoms with Crippen LogP contribution in [0.3, 0.4) is 0 Å². The summed E-state index contributed by atoms with van der Waals surface area (Å²) in [6.07, 6.45) is 1.70. The first kappa shape index (κ1) is 16.4. The molecular weight excluding hydrogens is 218 g/mol. The van der Waals surface area contributed by atoms with E-state index in [1.807, 2.05) is 27.7 Å². The maximum Gasteiger partial charge on any atom is 0.222 e. The van der Waals surface area contributed by atoms with Crippen molar-refractivity contribution in [3.8, 4) is 0 Å². The molecule has 0 saturated heterocycles. The van der Waals surface area contributed by atoms with E-state index in [1.165, 1.54) is 0 Å². The number of aliphatic hydroxyl groups excluding tert-OH is 1. The van der Waals surface area contributed by atoms with Crippen LogP contribution in [0.4, 0.5) is 0 Å². The molecule has 0 rings (SSSR count). The second-order valence-corrected chi connectivity index (χ2v) is 5.09. The lowest BCUT2D eigenvalue weighted by molar-refractivity contribution is -0.126. The Morgan fingerprint density at radius 2 is 1.88 bits per heavy atom. The SMILES string of the molecule is CCC(CC)C(O)CNC(=O)CC(C)(C)OC. The van der Waals surface area contributed by atoms with Gasteiger partial charge in [0.05, 0.1) is 18.1 Å². The van der Waals surface area contributed by atoms with Crippen LogP contribution < -0.4 is 5.32 Å². The van der Waals surface area contributed by atoms with E-state index >= 15 is 0 Å². The van der Waals surface area contributed by atoms with E-state index in [0.29, 0.717) is 13.0 Å². The molecular formula is C13H27NO3. The predicted molar refractivity (Wildman–Crippen MR) is 68.8 cm³/mol. The highest BCUT2D eigenvalue weighted by Gasteiger charge is 2.22. The molecule has 1 amide bonds. The van der Waals surface area contributed by atoms with Crippen LogP contribution >= 0.6 is 0 Å². The quantitative estimate of drug-likeness (QED) is 0.684. The Morgan fingerprint density at radius 1 is 1.35 bits per heavy atom. The molecule has 1 unspecified atom stereocenters. The Kier molecular flexibility index (Phi) is 7.39. The van der Waals surface area contributed by atoms with Gasteiger partial charge < -0.3 is 15.2 Å². The number of nitrogens with one attached hydrogen (secondary N) is 1. The molecule has 0 aromatic rings. The molecule has 0 spiro atoms. The Hall–Kier alpha value is -0.610. The summed E-state index contributed by atoms with van der Waals surface area (Å²) in [7, 11) is 1.59. The van der Waals surface area contributed by atoms with Crippen LogP contribution in [0.15, 0.2) is 0 Å². The number of rotatable bonds is 8. The number of carbonyl (C=O) groups excluding carboxylic acids is 1. The average Bonchev–Trinajstić information content (AvgIpc) is 2.27. The molecule has 0 aliphatic heterocycles. The molecule has 4 nitrogen and oxygen atoms in total. The Balaban J connectivity index is 3.99. The van der Waals surface area contributed by atoms with E-state index in [9.17, 15) is 9.90 Å². The third-order valence-corrected chi connectivity index (χ3v) is 3.24. The number of hydrogen-bond donors (Lipinski definition) is 2. The summed E-state index contributed by atoms with van der Waals surface area (Å²) in [5, 5.41) is 12.6. The van der Waals surface area contributed by atoms with Gasteiger partial charge in [0.15, 0.2) is 0 Å².